The lowest BCUT2D eigenvalue weighted by Crippen LogP contribution is -2.19. The largest absolute Gasteiger partial charge is 0.241 e. The monoisotopic (exact) mass is 295 g/mol. The molecule has 78 valence electrons. The number of nitrogens with one attached hydrogen (secondary N) is 1. The van der Waals surface area contributed by atoms with Crippen molar-refractivity contribution in [3.05, 3.63) is 22.7 Å². The zero-order valence-electron chi connectivity index (χ0n) is 7.74. The molecule has 0 saturated carbocycles. The molecule has 14 heavy (non-hydrogen) atoms. The number of rotatable bonds is 3. The van der Waals surface area contributed by atoms with Gasteiger partial charge in [0.1, 0.15) is 0 Å². The molecule has 0 saturated heterocycles. The van der Waals surface area contributed by atoms with E-state index in [0.717, 1.165) is 9.37 Å². The second-order valence-electron chi connectivity index (χ2n) is 2.50. The minimum atomic E-state index is -3.35. The minimum absolute atomic E-state index is 0.315. The van der Waals surface area contributed by atoms with Crippen LogP contribution < -0.4 is 4.72 Å². The predicted molar refractivity (Wildman–Crippen MR) is 62.2 cm³/mol. The van der Waals surface area contributed by atoms with E-state index >= 15 is 0 Å². The first-order valence-electron chi connectivity index (χ1n) is 3.78. The Bertz CT molecular complexity index is 431. The first-order valence-corrected chi connectivity index (χ1v) is 7.28. The molecule has 6 heteroatoms. The number of hydrogen-bond donors (Lipinski definition) is 1. The Morgan fingerprint density at radius 3 is 2.57 bits per heavy atom. The van der Waals surface area contributed by atoms with Crippen LogP contribution >= 0.6 is 27.7 Å². The molecule has 0 unspecified atom stereocenters. The van der Waals surface area contributed by atoms with E-state index in [0.29, 0.717) is 4.90 Å². The Morgan fingerprint density at radius 2 is 2.07 bits per heavy atom. The summed E-state index contributed by atoms with van der Waals surface area (Å²) in [4.78, 5) is 1.05. The number of sulfonamides is 1. The van der Waals surface area contributed by atoms with Crippen LogP contribution in [0.2, 0.25) is 0 Å². The second kappa shape index (κ2) is 4.65. The van der Waals surface area contributed by atoms with Gasteiger partial charge in [0, 0.05) is 9.37 Å². The Hall–Kier alpha value is -0.0400. The van der Waals surface area contributed by atoms with Crippen molar-refractivity contribution in [2.24, 2.45) is 0 Å². The third-order valence-corrected chi connectivity index (χ3v) is 4.56. The molecule has 3 nitrogen and oxygen atoms in total. The summed E-state index contributed by atoms with van der Waals surface area (Å²) in [6, 6.07) is 5.08. The summed E-state index contributed by atoms with van der Waals surface area (Å²) < 4.78 is 26.3. The first-order chi connectivity index (χ1) is 6.51. The molecule has 0 aliphatic heterocycles. The fourth-order valence-electron chi connectivity index (χ4n) is 0.973. The summed E-state index contributed by atoms with van der Waals surface area (Å²) >= 11 is 4.70. The molecule has 1 aromatic carbocycles. The van der Waals surface area contributed by atoms with Crippen LogP contribution in [-0.2, 0) is 10.0 Å². The van der Waals surface area contributed by atoms with E-state index in [9.17, 15) is 8.42 Å². The number of benzene rings is 1. The molecule has 1 aromatic rings. The van der Waals surface area contributed by atoms with Gasteiger partial charge >= 0.3 is 0 Å². The molecule has 0 heterocycles. The minimum Gasteiger partial charge on any atom is -0.214 e. The van der Waals surface area contributed by atoms with Crippen LogP contribution in [0.5, 0.6) is 0 Å². The third-order valence-electron chi connectivity index (χ3n) is 1.68. The van der Waals surface area contributed by atoms with Gasteiger partial charge in [-0.3, -0.25) is 0 Å². The Balaban J connectivity index is 3.35. The molecular formula is C8H10BrNO2S2. The summed E-state index contributed by atoms with van der Waals surface area (Å²) in [5, 5.41) is 0. The van der Waals surface area contributed by atoms with Gasteiger partial charge in [-0.2, -0.15) is 0 Å². The topological polar surface area (TPSA) is 46.2 Å². The maximum Gasteiger partial charge on any atom is 0.241 e. The SMILES string of the molecule is CNS(=O)(=O)c1ccc(Br)cc1SC. The summed E-state index contributed by atoms with van der Waals surface area (Å²) in [6.07, 6.45) is 1.84. The van der Waals surface area contributed by atoms with Gasteiger partial charge in [-0.15, -0.1) is 11.8 Å². The van der Waals surface area contributed by atoms with Crippen LogP contribution in [0.25, 0.3) is 0 Å². The van der Waals surface area contributed by atoms with Crippen LogP contribution in [0, 0.1) is 0 Å². The highest BCUT2D eigenvalue weighted by atomic mass is 79.9. The molecule has 0 aliphatic carbocycles. The summed E-state index contributed by atoms with van der Waals surface area (Å²) in [7, 11) is -1.95. The van der Waals surface area contributed by atoms with Crippen LogP contribution in [-0.4, -0.2) is 21.7 Å². The van der Waals surface area contributed by atoms with Crippen molar-refractivity contribution in [1.29, 1.82) is 0 Å². The summed E-state index contributed by atoms with van der Waals surface area (Å²) in [5.41, 5.74) is 0. The molecule has 0 atom stereocenters. The van der Waals surface area contributed by atoms with E-state index in [4.69, 9.17) is 0 Å². The summed E-state index contributed by atoms with van der Waals surface area (Å²) in [6.45, 7) is 0. The highest BCUT2D eigenvalue weighted by molar-refractivity contribution is 9.10. The average Bonchev–Trinajstić information content (AvgIpc) is 2.17. The number of hydrogen-bond acceptors (Lipinski definition) is 3. The van der Waals surface area contributed by atoms with Gasteiger partial charge in [-0.1, -0.05) is 15.9 Å². The van der Waals surface area contributed by atoms with Crippen LogP contribution in [0.1, 0.15) is 0 Å². The fourth-order valence-corrected chi connectivity index (χ4v) is 3.37. The number of thioether (sulfide) groups is 1. The van der Waals surface area contributed by atoms with E-state index in [-0.39, 0.29) is 0 Å². The standard InChI is InChI=1S/C8H10BrNO2S2/c1-10-14(11,12)8-4-3-6(9)5-7(8)13-2/h3-5,10H,1-2H3. The lowest BCUT2D eigenvalue weighted by atomic mass is 10.4. The van der Waals surface area contributed by atoms with E-state index < -0.39 is 10.0 Å². The van der Waals surface area contributed by atoms with E-state index in [1.165, 1.54) is 18.8 Å². The van der Waals surface area contributed by atoms with Gasteiger partial charge in [-0.05, 0) is 31.5 Å². The van der Waals surface area contributed by atoms with Crippen molar-refractivity contribution in [2.45, 2.75) is 9.79 Å². The number of halogens is 1. The van der Waals surface area contributed by atoms with E-state index in [2.05, 4.69) is 20.7 Å². The fraction of sp³-hybridized carbons (Fsp3) is 0.250. The Kier molecular flexibility index (Phi) is 4.00. The second-order valence-corrected chi connectivity index (χ2v) is 6.12. The molecule has 0 fully saturated rings. The van der Waals surface area contributed by atoms with Crippen LogP contribution in [0.4, 0.5) is 0 Å². The highest BCUT2D eigenvalue weighted by Crippen LogP contribution is 2.27. The van der Waals surface area contributed by atoms with Crippen LogP contribution in [0.15, 0.2) is 32.5 Å². The lowest BCUT2D eigenvalue weighted by Gasteiger charge is -2.07. The molecule has 1 rings (SSSR count). The molecule has 0 bridgehead atoms. The predicted octanol–water partition coefficient (Wildman–Crippen LogP) is 2.08. The van der Waals surface area contributed by atoms with Crippen molar-refractivity contribution in [1.82, 2.24) is 4.72 Å². The quantitative estimate of drug-likeness (QED) is 0.869. The van der Waals surface area contributed by atoms with Crippen molar-refractivity contribution in [3.63, 3.8) is 0 Å². The zero-order chi connectivity index (χ0) is 10.8. The Morgan fingerprint density at radius 1 is 1.43 bits per heavy atom. The third kappa shape index (κ3) is 2.50. The highest BCUT2D eigenvalue weighted by Gasteiger charge is 2.15. The van der Waals surface area contributed by atoms with E-state index in [1.807, 2.05) is 6.26 Å². The smallest absolute Gasteiger partial charge is 0.214 e. The maximum atomic E-state index is 11.6. The van der Waals surface area contributed by atoms with Gasteiger partial charge in [-0.25, -0.2) is 13.1 Å². The van der Waals surface area contributed by atoms with Crippen LogP contribution in [0.3, 0.4) is 0 Å². The molecule has 1 N–H and O–H groups in total. The van der Waals surface area contributed by atoms with Gasteiger partial charge in [0.05, 0.1) is 4.90 Å². The molecule has 0 amide bonds. The van der Waals surface area contributed by atoms with Gasteiger partial charge in [0.25, 0.3) is 0 Å². The zero-order valence-corrected chi connectivity index (χ0v) is 11.0. The first kappa shape index (κ1) is 12.0. The normalized spacial score (nSPS) is 11.6. The molecule has 0 spiro atoms. The van der Waals surface area contributed by atoms with Gasteiger partial charge < -0.3 is 0 Å². The average molecular weight is 296 g/mol. The molecular weight excluding hydrogens is 286 g/mol. The summed E-state index contributed by atoms with van der Waals surface area (Å²) in [5.74, 6) is 0. The maximum absolute atomic E-state index is 11.6. The van der Waals surface area contributed by atoms with Gasteiger partial charge in [0.15, 0.2) is 0 Å². The Labute approximate surface area is 96.5 Å². The van der Waals surface area contributed by atoms with Crippen molar-refractivity contribution in [3.8, 4) is 0 Å². The van der Waals surface area contributed by atoms with Gasteiger partial charge in [0.2, 0.25) is 10.0 Å². The molecule has 0 aliphatic rings. The molecule has 0 radical (unpaired) electrons. The van der Waals surface area contributed by atoms with Crippen molar-refractivity contribution < 1.29 is 8.42 Å². The van der Waals surface area contributed by atoms with Crippen molar-refractivity contribution in [2.75, 3.05) is 13.3 Å². The lowest BCUT2D eigenvalue weighted by molar-refractivity contribution is 0.586. The molecule has 0 aromatic heterocycles. The van der Waals surface area contributed by atoms with E-state index in [1.54, 1.807) is 18.2 Å². The van der Waals surface area contributed by atoms with Crippen molar-refractivity contribution >= 4 is 37.7 Å².